The molecule has 1 aliphatic carbocycles. The summed E-state index contributed by atoms with van der Waals surface area (Å²) >= 11 is 0. The molecule has 0 spiro atoms. The van der Waals surface area contributed by atoms with E-state index in [-0.39, 0.29) is 17.9 Å². The van der Waals surface area contributed by atoms with Crippen molar-refractivity contribution in [3.63, 3.8) is 0 Å². The van der Waals surface area contributed by atoms with Crippen LogP contribution in [0.15, 0.2) is 24.3 Å². The van der Waals surface area contributed by atoms with Crippen LogP contribution >= 0.6 is 0 Å². The van der Waals surface area contributed by atoms with Crippen LogP contribution in [0.25, 0.3) is 0 Å². The van der Waals surface area contributed by atoms with Crippen molar-refractivity contribution in [1.82, 2.24) is 5.32 Å². The fourth-order valence-electron chi connectivity index (χ4n) is 2.39. The summed E-state index contributed by atoms with van der Waals surface area (Å²) in [4.78, 5) is 12.0. The number of hydrogen-bond donors (Lipinski definition) is 2. The Balaban J connectivity index is 1.93. The van der Waals surface area contributed by atoms with Crippen molar-refractivity contribution in [3.05, 3.63) is 35.4 Å². The van der Waals surface area contributed by atoms with Gasteiger partial charge in [0.05, 0.1) is 0 Å². The lowest BCUT2D eigenvalue weighted by molar-refractivity contribution is -0.122. The second kappa shape index (κ2) is 5.74. The van der Waals surface area contributed by atoms with E-state index in [1.807, 2.05) is 6.92 Å². The minimum absolute atomic E-state index is 0.0667. The number of carbonyl (C=O) groups excluding carboxylic acids is 1. The first-order valence-electron chi connectivity index (χ1n) is 7.13. The first-order chi connectivity index (χ1) is 9.02. The van der Waals surface area contributed by atoms with Crippen molar-refractivity contribution in [2.24, 2.45) is 11.7 Å². The molecule has 3 atom stereocenters. The molecule has 0 saturated heterocycles. The first kappa shape index (κ1) is 14.1. The Labute approximate surface area is 115 Å². The minimum atomic E-state index is 0.0667. The molecule has 1 aromatic rings. The Bertz CT molecular complexity index is 439. The van der Waals surface area contributed by atoms with E-state index in [0.717, 1.165) is 6.42 Å². The quantitative estimate of drug-likeness (QED) is 0.854. The summed E-state index contributed by atoms with van der Waals surface area (Å²) in [6.07, 6.45) is 0.962. The van der Waals surface area contributed by atoms with E-state index in [4.69, 9.17) is 5.73 Å². The van der Waals surface area contributed by atoms with Crippen LogP contribution in [0.2, 0.25) is 0 Å². The molecule has 104 valence electrons. The van der Waals surface area contributed by atoms with Crippen LogP contribution in [0, 0.1) is 5.92 Å². The van der Waals surface area contributed by atoms with Gasteiger partial charge in [0.15, 0.2) is 0 Å². The molecule has 1 saturated carbocycles. The lowest BCUT2D eigenvalue weighted by Gasteiger charge is -2.11. The van der Waals surface area contributed by atoms with Gasteiger partial charge in [0.1, 0.15) is 0 Å². The van der Waals surface area contributed by atoms with E-state index < -0.39 is 0 Å². The van der Waals surface area contributed by atoms with Crippen molar-refractivity contribution in [3.8, 4) is 0 Å². The number of nitrogens with two attached hydrogens (primary N) is 1. The van der Waals surface area contributed by atoms with E-state index in [1.165, 1.54) is 11.1 Å². The zero-order valence-corrected chi connectivity index (χ0v) is 12.0. The maximum atomic E-state index is 12.0. The fraction of sp³-hybridized carbons (Fsp3) is 0.562. The smallest absolute Gasteiger partial charge is 0.224 e. The predicted molar refractivity (Wildman–Crippen MR) is 78.0 cm³/mol. The summed E-state index contributed by atoms with van der Waals surface area (Å²) < 4.78 is 0. The molecule has 19 heavy (non-hydrogen) atoms. The zero-order chi connectivity index (χ0) is 14.0. The van der Waals surface area contributed by atoms with Crippen LogP contribution < -0.4 is 11.1 Å². The van der Waals surface area contributed by atoms with Crippen LogP contribution in [-0.4, -0.2) is 18.5 Å². The lowest BCUT2D eigenvalue weighted by atomic mass is 10.00. The summed E-state index contributed by atoms with van der Waals surface area (Å²) in [5.74, 6) is 1.23. The Morgan fingerprint density at radius 3 is 2.47 bits per heavy atom. The largest absolute Gasteiger partial charge is 0.352 e. The topological polar surface area (TPSA) is 55.1 Å². The third-order valence-electron chi connectivity index (χ3n) is 3.90. The highest BCUT2D eigenvalue weighted by molar-refractivity contribution is 5.83. The second-order valence-electron chi connectivity index (χ2n) is 5.92. The monoisotopic (exact) mass is 260 g/mol. The predicted octanol–water partition coefficient (Wildman–Crippen LogP) is 2.38. The van der Waals surface area contributed by atoms with Crippen molar-refractivity contribution < 1.29 is 4.79 Å². The lowest BCUT2D eigenvalue weighted by Crippen LogP contribution is -2.38. The van der Waals surface area contributed by atoms with Gasteiger partial charge >= 0.3 is 0 Å². The van der Waals surface area contributed by atoms with Crippen molar-refractivity contribution >= 4 is 5.91 Å². The molecule has 1 fully saturated rings. The van der Waals surface area contributed by atoms with Crippen LogP contribution in [0.5, 0.6) is 0 Å². The molecule has 1 amide bonds. The molecule has 0 heterocycles. The Kier molecular flexibility index (Phi) is 4.25. The second-order valence-corrected chi connectivity index (χ2v) is 5.92. The van der Waals surface area contributed by atoms with E-state index >= 15 is 0 Å². The SMILES string of the molecule is CC(C)c1ccc(C2CC2C(=O)N[C@@H](C)CN)cc1. The number of rotatable bonds is 5. The van der Waals surface area contributed by atoms with Crippen molar-refractivity contribution in [2.75, 3.05) is 6.54 Å². The van der Waals surface area contributed by atoms with Crippen LogP contribution in [0.3, 0.4) is 0 Å². The molecule has 0 aliphatic heterocycles. The summed E-state index contributed by atoms with van der Waals surface area (Å²) in [6, 6.07) is 8.75. The number of benzene rings is 1. The van der Waals surface area contributed by atoms with Gasteiger partial charge in [0.2, 0.25) is 5.91 Å². The summed E-state index contributed by atoms with van der Waals surface area (Å²) in [5.41, 5.74) is 8.15. The zero-order valence-electron chi connectivity index (χ0n) is 12.0. The van der Waals surface area contributed by atoms with Crippen LogP contribution in [0.4, 0.5) is 0 Å². The Morgan fingerprint density at radius 1 is 1.32 bits per heavy atom. The molecule has 3 nitrogen and oxygen atoms in total. The number of hydrogen-bond acceptors (Lipinski definition) is 2. The van der Waals surface area contributed by atoms with Gasteiger partial charge in [0, 0.05) is 18.5 Å². The number of nitrogens with one attached hydrogen (secondary N) is 1. The van der Waals surface area contributed by atoms with E-state index in [9.17, 15) is 4.79 Å². The molecule has 2 unspecified atom stereocenters. The molecular formula is C16H24N2O. The molecule has 1 aromatic carbocycles. The third kappa shape index (κ3) is 3.35. The highest BCUT2D eigenvalue weighted by Gasteiger charge is 2.43. The molecule has 1 aliphatic rings. The van der Waals surface area contributed by atoms with Crippen LogP contribution in [0.1, 0.15) is 50.2 Å². The highest BCUT2D eigenvalue weighted by Crippen LogP contribution is 2.47. The fourth-order valence-corrected chi connectivity index (χ4v) is 2.39. The average Bonchev–Trinajstić information content (AvgIpc) is 3.19. The molecule has 2 rings (SSSR count). The van der Waals surface area contributed by atoms with Gasteiger partial charge in [-0.3, -0.25) is 4.79 Å². The molecular weight excluding hydrogens is 236 g/mol. The molecule has 0 bridgehead atoms. The summed E-state index contributed by atoms with van der Waals surface area (Å²) in [7, 11) is 0. The standard InChI is InChI=1S/C16H24N2O/c1-10(2)12-4-6-13(7-5-12)14-8-15(14)16(19)18-11(3)9-17/h4-7,10-11,14-15H,8-9,17H2,1-3H3,(H,18,19)/t11-,14?,15?/m0/s1. The van der Waals surface area contributed by atoms with Crippen LogP contribution in [-0.2, 0) is 4.79 Å². The first-order valence-corrected chi connectivity index (χ1v) is 7.13. The normalized spacial score (nSPS) is 23.2. The van der Waals surface area contributed by atoms with Gasteiger partial charge in [-0.1, -0.05) is 38.1 Å². The Morgan fingerprint density at radius 2 is 1.95 bits per heavy atom. The Hall–Kier alpha value is -1.35. The highest BCUT2D eigenvalue weighted by atomic mass is 16.2. The van der Waals surface area contributed by atoms with E-state index in [1.54, 1.807) is 0 Å². The summed E-state index contributed by atoms with van der Waals surface area (Å²) in [6.45, 7) is 6.81. The van der Waals surface area contributed by atoms with Crippen molar-refractivity contribution in [1.29, 1.82) is 0 Å². The third-order valence-corrected chi connectivity index (χ3v) is 3.90. The number of amides is 1. The van der Waals surface area contributed by atoms with Gasteiger partial charge in [-0.15, -0.1) is 0 Å². The van der Waals surface area contributed by atoms with Gasteiger partial charge < -0.3 is 11.1 Å². The number of carbonyl (C=O) groups is 1. The van der Waals surface area contributed by atoms with E-state index in [2.05, 4.69) is 43.4 Å². The van der Waals surface area contributed by atoms with Gasteiger partial charge in [-0.05, 0) is 36.3 Å². The maximum Gasteiger partial charge on any atom is 0.224 e. The maximum absolute atomic E-state index is 12.0. The molecule has 3 N–H and O–H groups in total. The minimum Gasteiger partial charge on any atom is -0.352 e. The molecule has 0 aromatic heterocycles. The molecule has 3 heteroatoms. The van der Waals surface area contributed by atoms with Gasteiger partial charge in [-0.2, -0.15) is 0 Å². The van der Waals surface area contributed by atoms with Gasteiger partial charge in [-0.25, -0.2) is 0 Å². The molecule has 0 radical (unpaired) electrons. The van der Waals surface area contributed by atoms with Gasteiger partial charge in [0.25, 0.3) is 0 Å². The van der Waals surface area contributed by atoms with E-state index in [0.29, 0.717) is 18.4 Å². The van der Waals surface area contributed by atoms with Crippen molar-refractivity contribution in [2.45, 2.75) is 45.1 Å². The average molecular weight is 260 g/mol. The summed E-state index contributed by atoms with van der Waals surface area (Å²) in [5, 5.41) is 2.96.